The Labute approximate surface area is 181 Å². The Balaban J connectivity index is 1.67. The van der Waals surface area contributed by atoms with E-state index < -0.39 is 0 Å². The summed E-state index contributed by atoms with van der Waals surface area (Å²) in [4.78, 5) is 32.9. The van der Waals surface area contributed by atoms with Crippen LogP contribution in [0.15, 0.2) is 64.5 Å². The fourth-order valence-electron chi connectivity index (χ4n) is 4.08. The third kappa shape index (κ3) is 4.29. The Hall–Kier alpha value is -2.60. The van der Waals surface area contributed by atoms with Gasteiger partial charge in [-0.2, -0.15) is 0 Å². The van der Waals surface area contributed by atoms with E-state index in [9.17, 15) is 9.59 Å². The summed E-state index contributed by atoms with van der Waals surface area (Å²) in [5.74, 6) is 0.953. The fraction of sp³-hybridized carbons (Fsp3) is 0.375. The highest BCUT2D eigenvalue weighted by Crippen LogP contribution is 2.26. The first kappa shape index (κ1) is 20.7. The maximum Gasteiger partial charge on any atom is 0.262 e. The van der Waals surface area contributed by atoms with E-state index in [2.05, 4.69) is 6.92 Å². The van der Waals surface area contributed by atoms with Crippen molar-refractivity contribution in [2.75, 3.05) is 18.8 Å². The number of carbonyl (C=O) groups is 1. The molecule has 1 aliphatic rings. The molecule has 1 fully saturated rings. The van der Waals surface area contributed by atoms with Gasteiger partial charge in [0, 0.05) is 13.1 Å². The van der Waals surface area contributed by atoms with E-state index in [1.807, 2.05) is 66.4 Å². The minimum atomic E-state index is -0.177. The van der Waals surface area contributed by atoms with Crippen LogP contribution >= 0.6 is 11.8 Å². The molecule has 0 spiro atoms. The number of rotatable bonds is 5. The van der Waals surface area contributed by atoms with Gasteiger partial charge in [0.15, 0.2) is 5.16 Å². The zero-order valence-electron chi connectivity index (χ0n) is 17.5. The van der Waals surface area contributed by atoms with E-state index in [-0.39, 0.29) is 17.5 Å². The number of carbonyl (C=O) groups excluding carboxylic acids is 1. The summed E-state index contributed by atoms with van der Waals surface area (Å²) in [7, 11) is 0. The van der Waals surface area contributed by atoms with Crippen molar-refractivity contribution in [1.29, 1.82) is 0 Å². The zero-order chi connectivity index (χ0) is 21.1. The summed E-state index contributed by atoms with van der Waals surface area (Å²) >= 11 is 1.36. The molecule has 1 amide bonds. The van der Waals surface area contributed by atoms with Crippen molar-refractivity contribution in [3.05, 3.63) is 70.5 Å². The normalized spacial score (nSPS) is 17.8. The molecule has 0 unspecified atom stereocenters. The molecule has 2 heterocycles. The molecular formula is C24H27N3O2S. The van der Waals surface area contributed by atoms with Crippen molar-refractivity contribution in [3.8, 4) is 0 Å². The van der Waals surface area contributed by atoms with Crippen molar-refractivity contribution in [2.24, 2.45) is 5.92 Å². The van der Waals surface area contributed by atoms with Crippen LogP contribution in [0.25, 0.3) is 10.9 Å². The van der Waals surface area contributed by atoms with Crippen LogP contribution in [-0.4, -0.2) is 39.2 Å². The molecular weight excluding hydrogens is 394 g/mol. The number of nitrogens with zero attached hydrogens (tertiary/aromatic N) is 3. The molecule has 0 radical (unpaired) electrons. The van der Waals surface area contributed by atoms with Gasteiger partial charge in [0.2, 0.25) is 5.91 Å². The van der Waals surface area contributed by atoms with Gasteiger partial charge in [0.05, 0.1) is 22.7 Å². The molecule has 0 N–H and O–H groups in total. The quantitative estimate of drug-likeness (QED) is 0.454. The van der Waals surface area contributed by atoms with Crippen molar-refractivity contribution in [3.63, 3.8) is 0 Å². The van der Waals surface area contributed by atoms with Gasteiger partial charge in [-0.3, -0.25) is 14.2 Å². The highest BCUT2D eigenvalue weighted by molar-refractivity contribution is 7.99. The number of aromatic nitrogens is 2. The van der Waals surface area contributed by atoms with Crippen LogP contribution < -0.4 is 5.56 Å². The molecule has 0 bridgehead atoms. The highest BCUT2D eigenvalue weighted by Gasteiger charge is 2.23. The number of benzene rings is 2. The summed E-state index contributed by atoms with van der Waals surface area (Å²) in [5, 5.41) is 1.19. The van der Waals surface area contributed by atoms with E-state index in [1.54, 1.807) is 4.57 Å². The molecule has 1 aliphatic heterocycles. The first-order valence-electron chi connectivity index (χ1n) is 10.5. The number of piperidine rings is 1. The number of likely N-dealkylation sites (tertiary alicyclic amines) is 1. The number of hydrogen-bond donors (Lipinski definition) is 0. The van der Waals surface area contributed by atoms with Crippen LogP contribution in [0.5, 0.6) is 0 Å². The lowest BCUT2D eigenvalue weighted by Gasteiger charge is -2.31. The third-order valence-electron chi connectivity index (χ3n) is 5.78. The van der Waals surface area contributed by atoms with Crippen LogP contribution in [0.3, 0.4) is 0 Å². The van der Waals surface area contributed by atoms with E-state index in [0.29, 0.717) is 27.7 Å². The van der Waals surface area contributed by atoms with Gasteiger partial charge >= 0.3 is 0 Å². The lowest BCUT2D eigenvalue weighted by Crippen LogP contribution is -2.40. The van der Waals surface area contributed by atoms with E-state index in [4.69, 9.17) is 4.98 Å². The second-order valence-electron chi connectivity index (χ2n) is 8.05. The van der Waals surface area contributed by atoms with Crippen LogP contribution in [0.2, 0.25) is 0 Å². The lowest BCUT2D eigenvalue weighted by molar-refractivity contribution is -0.130. The second-order valence-corrected chi connectivity index (χ2v) is 8.99. The van der Waals surface area contributed by atoms with Crippen molar-refractivity contribution in [1.82, 2.24) is 14.5 Å². The Morgan fingerprint density at radius 3 is 2.67 bits per heavy atom. The van der Waals surface area contributed by atoms with Gasteiger partial charge in [-0.15, -0.1) is 0 Å². The van der Waals surface area contributed by atoms with Gasteiger partial charge in [-0.1, -0.05) is 61.2 Å². The number of thioether (sulfide) groups is 1. The minimum absolute atomic E-state index is 0.0708. The van der Waals surface area contributed by atoms with Crippen molar-refractivity contribution < 1.29 is 4.79 Å². The molecule has 5 nitrogen and oxygen atoms in total. The average molecular weight is 422 g/mol. The van der Waals surface area contributed by atoms with Crippen LogP contribution in [-0.2, 0) is 4.79 Å². The Morgan fingerprint density at radius 1 is 1.17 bits per heavy atom. The Bertz CT molecular complexity index is 1100. The highest BCUT2D eigenvalue weighted by atomic mass is 32.2. The number of para-hydroxylation sites is 1. The average Bonchev–Trinajstić information content (AvgIpc) is 2.78. The van der Waals surface area contributed by atoms with E-state index >= 15 is 0 Å². The summed E-state index contributed by atoms with van der Waals surface area (Å²) < 4.78 is 1.73. The van der Waals surface area contributed by atoms with Crippen LogP contribution in [0.1, 0.15) is 38.3 Å². The van der Waals surface area contributed by atoms with Gasteiger partial charge in [0.25, 0.3) is 5.56 Å². The molecule has 2 aromatic carbocycles. The molecule has 4 rings (SSSR count). The van der Waals surface area contributed by atoms with E-state index in [0.717, 1.165) is 25.1 Å². The SMILES string of the molecule is C[C@@H]1CCCN(C(=O)CSc2nc3ccccc3c(=O)n2[C@@H](C)c2ccccc2)C1. The largest absolute Gasteiger partial charge is 0.342 e. The standard InChI is InChI=1S/C24H27N3O2S/c1-17-9-8-14-26(15-17)22(28)16-30-24-25-21-13-7-6-12-20(21)23(29)27(24)18(2)19-10-4-3-5-11-19/h3-7,10-13,17-18H,8-9,14-16H2,1-2H3/t17-,18+/m1/s1. The second kappa shape index (κ2) is 9.04. The maximum absolute atomic E-state index is 13.4. The molecule has 3 aromatic rings. The summed E-state index contributed by atoms with van der Waals surface area (Å²) in [6.45, 7) is 5.84. The van der Waals surface area contributed by atoms with E-state index in [1.165, 1.54) is 18.2 Å². The number of amides is 1. The molecule has 0 aliphatic carbocycles. The summed E-state index contributed by atoms with van der Waals surface area (Å²) in [6, 6.07) is 17.2. The van der Waals surface area contributed by atoms with Crippen LogP contribution in [0, 0.1) is 5.92 Å². The van der Waals surface area contributed by atoms with Gasteiger partial charge in [-0.05, 0) is 43.4 Å². The van der Waals surface area contributed by atoms with Crippen LogP contribution in [0.4, 0.5) is 0 Å². The van der Waals surface area contributed by atoms with Crippen molar-refractivity contribution in [2.45, 2.75) is 37.9 Å². The monoisotopic (exact) mass is 421 g/mol. The van der Waals surface area contributed by atoms with Gasteiger partial charge in [0.1, 0.15) is 0 Å². The van der Waals surface area contributed by atoms with Gasteiger partial charge in [-0.25, -0.2) is 4.98 Å². The fourth-order valence-corrected chi connectivity index (χ4v) is 5.06. The lowest BCUT2D eigenvalue weighted by atomic mass is 10.0. The maximum atomic E-state index is 13.4. The van der Waals surface area contributed by atoms with Crippen molar-refractivity contribution >= 4 is 28.6 Å². The first-order valence-corrected chi connectivity index (χ1v) is 11.5. The zero-order valence-corrected chi connectivity index (χ0v) is 18.3. The molecule has 1 saturated heterocycles. The molecule has 0 saturated carbocycles. The number of hydrogen-bond acceptors (Lipinski definition) is 4. The Kier molecular flexibility index (Phi) is 6.23. The Morgan fingerprint density at radius 2 is 1.90 bits per heavy atom. The topological polar surface area (TPSA) is 55.2 Å². The molecule has 2 atom stereocenters. The predicted octanol–water partition coefficient (Wildman–Crippen LogP) is 4.36. The summed E-state index contributed by atoms with van der Waals surface area (Å²) in [5.41, 5.74) is 1.63. The number of fused-ring (bicyclic) bond motifs is 1. The first-order chi connectivity index (χ1) is 14.5. The smallest absolute Gasteiger partial charge is 0.262 e. The third-order valence-corrected chi connectivity index (χ3v) is 6.72. The molecule has 6 heteroatoms. The predicted molar refractivity (Wildman–Crippen MR) is 122 cm³/mol. The molecule has 156 valence electrons. The van der Waals surface area contributed by atoms with Gasteiger partial charge < -0.3 is 4.90 Å². The minimum Gasteiger partial charge on any atom is -0.342 e. The molecule has 1 aromatic heterocycles. The summed E-state index contributed by atoms with van der Waals surface area (Å²) in [6.07, 6.45) is 2.23. The molecule has 30 heavy (non-hydrogen) atoms.